The van der Waals surface area contributed by atoms with Gasteiger partial charge < -0.3 is 34.7 Å². The Balaban J connectivity index is 2.06. The number of methoxy groups -OCH3 is 4. The molecule has 0 radical (unpaired) electrons. The minimum atomic E-state index is -0.765. The van der Waals surface area contributed by atoms with Crippen molar-refractivity contribution in [2.45, 2.75) is 19.6 Å². The average molecular weight is 418 g/mol. The normalized spacial score (nSPS) is 12.1. The second-order valence-corrected chi connectivity index (χ2v) is 6.43. The van der Waals surface area contributed by atoms with Crippen molar-refractivity contribution in [1.82, 2.24) is 10.6 Å². The molecule has 0 amide bonds. The van der Waals surface area contributed by atoms with Crippen molar-refractivity contribution in [2.24, 2.45) is 4.99 Å². The molecule has 0 spiro atoms. The van der Waals surface area contributed by atoms with Gasteiger partial charge in [-0.05, 0) is 42.3 Å². The maximum Gasteiger partial charge on any atom is 0.191 e. The molecular formula is C22H31N3O5. The zero-order valence-electron chi connectivity index (χ0n) is 18.2. The van der Waals surface area contributed by atoms with Gasteiger partial charge in [-0.1, -0.05) is 6.07 Å². The van der Waals surface area contributed by atoms with Crippen molar-refractivity contribution in [1.29, 1.82) is 0 Å². The van der Waals surface area contributed by atoms with Crippen LogP contribution in [0.15, 0.2) is 41.4 Å². The number of nitrogens with zero attached hydrogens (tertiary/aromatic N) is 1. The Kier molecular flexibility index (Phi) is 9.08. The van der Waals surface area contributed by atoms with Gasteiger partial charge in [-0.3, -0.25) is 0 Å². The summed E-state index contributed by atoms with van der Waals surface area (Å²) in [5.41, 5.74) is 1.66. The van der Waals surface area contributed by atoms with Gasteiger partial charge in [0.2, 0.25) is 0 Å². The summed E-state index contributed by atoms with van der Waals surface area (Å²) in [5, 5.41) is 16.9. The first-order valence-electron chi connectivity index (χ1n) is 9.68. The van der Waals surface area contributed by atoms with Crippen LogP contribution >= 0.6 is 0 Å². The van der Waals surface area contributed by atoms with Crippen LogP contribution in [0.2, 0.25) is 0 Å². The lowest BCUT2D eigenvalue weighted by atomic mass is 10.1. The number of nitrogens with one attached hydrogen (secondary N) is 2. The summed E-state index contributed by atoms with van der Waals surface area (Å²) in [6.07, 6.45) is -0.765. The van der Waals surface area contributed by atoms with Crippen molar-refractivity contribution < 1.29 is 24.1 Å². The van der Waals surface area contributed by atoms with E-state index in [9.17, 15) is 5.11 Å². The summed E-state index contributed by atoms with van der Waals surface area (Å²) in [5.74, 6) is 3.17. The van der Waals surface area contributed by atoms with Gasteiger partial charge in [0.05, 0.1) is 41.1 Å². The van der Waals surface area contributed by atoms with Gasteiger partial charge in [0.15, 0.2) is 17.5 Å². The zero-order valence-corrected chi connectivity index (χ0v) is 18.2. The number of hydrogen-bond acceptors (Lipinski definition) is 6. The molecule has 0 fully saturated rings. The summed E-state index contributed by atoms with van der Waals surface area (Å²) in [6.45, 7) is 3.39. The minimum absolute atomic E-state index is 0.272. The SMILES string of the molecule is CCNC(=NCc1ccc(OC)c(OC)c1)NCC(O)c1cc(OC)cc(OC)c1. The molecule has 1 atom stereocenters. The maximum absolute atomic E-state index is 10.6. The lowest BCUT2D eigenvalue weighted by Gasteiger charge is -2.17. The summed E-state index contributed by atoms with van der Waals surface area (Å²) in [4.78, 5) is 4.59. The molecular weight excluding hydrogens is 386 g/mol. The molecule has 3 N–H and O–H groups in total. The van der Waals surface area contributed by atoms with Crippen LogP contribution in [0.25, 0.3) is 0 Å². The van der Waals surface area contributed by atoms with Crippen LogP contribution in [-0.2, 0) is 6.54 Å². The van der Waals surface area contributed by atoms with Gasteiger partial charge >= 0.3 is 0 Å². The highest BCUT2D eigenvalue weighted by molar-refractivity contribution is 5.79. The number of aliphatic hydroxyl groups excluding tert-OH is 1. The van der Waals surface area contributed by atoms with Gasteiger partial charge in [0, 0.05) is 19.2 Å². The quantitative estimate of drug-likeness (QED) is 0.404. The van der Waals surface area contributed by atoms with E-state index in [1.807, 2.05) is 25.1 Å². The van der Waals surface area contributed by atoms with Crippen molar-refractivity contribution in [3.05, 3.63) is 47.5 Å². The molecule has 164 valence electrons. The summed E-state index contributed by atoms with van der Waals surface area (Å²) >= 11 is 0. The van der Waals surface area contributed by atoms with Crippen LogP contribution in [0.3, 0.4) is 0 Å². The highest BCUT2D eigenvalue weighted by Crippen LogP contribution is 2.28. The van der Waals surface area contributed by atoms with E-state index in [1.165, 1.54) is 0 Å². The Morgan fingerprint density at radius 2 is 1.57 bits per heavy atom. The van der Waals surface area contributed by atoms with E-state index in [2.05, 4.69) is 15.6 Å². The van der Waals surface area contributed by atoms with Gasteiger partial charge in [-0.25, -0.2) is 4.99 Å². The Labute approximate surface area is 177 Å². The summed E-state index contributed by atoms with van der Waals surface area (Å²) in [6, 6.07) is 11.0. The highest BCUT2D eigenvalue weighted by atomic mass is 16.5. The topological polar surface area (TPSA) is 93.6 Å². The average Bonchev–Trinajstić information content (AvgIpc) is 2.79. The van der Waals surface area contributed by atoms with E-state index in [-0.39, 0.29) is 6.54 Å². The van der Waals surface area contributed by atoms with Crippen LogP contribution in [0.4, 0.5) is 0 Å². The second-order valence-electron chi connectivity index (χ2n) is 6.43. The predicted octanol–water partition coefficient (Wildman–Crippen LogP) is 2.51. The predicted molar refractivity (Wildman–Crippen MR) is 117 cm³/mol. The van der Waals surface area contributed by atoms with Gasteiger partial charge in [0.1, 0.15) is 11.5 Å². The number of benzene rings is 2. The van der Waals surface area contributed by atoms with Crippen LogP contribution < -0.4 is 29.6 Å². The van der Waals surface area contributed by atoms with Crippen LogP contribution in [-0.4, -0.2) is 52.6 Å². The molecule has 0 saturated carbocycles. The molecule has 8 nitrogen and oxygen atoms in total. The molecule has 0 aromatic heterocycles. The molecule has 30 heavy (non-hydrogen) atoms. The molecule has 0 aliphatic carbocycles. The Bertz CT molecular complexity index is 819. The molecule has 2 aromatic carbocycles. The van der Waals surface area contributed by atoms with E-state index in [0.717, 1.165) is 5.56 Å². The third-order valence-corrected chi connectivity index (χ3v) is 4.43. The van der Waals surface area contributed by atoms with E-state index < -0.39 is 6.10 Å². The molecule has 2 rings (SSSR count). The van der Waals surface area contributed by atoms with E-state index >= 15 is 0 Å². The molecule has 8 heteroatoms. The van der Waals surface area contributed by atoms with E-state index in [4.69, 9.17) is 18.9 Å². The number of aliphatic hydroxyl groups is 1. The molecule has 0 heterocycles. The first-order chi connectivity index (χ1) is 14.5. The Morgan fingerprint density at radius 3 is 2.13 bits per heavy atom. The number of hydrogen-bond donors (Lipinski definition) is 3. The smallest absolute Gasteiger partial charge is 0.191 e. The fourth-order valence-electron chi connectivity index (χ4n) is 2.82. The van der Waals surface area contributed by atoms with Crippen LogP contribution in [0, 0.1) is 0 Å². The van der Waals surface area contributed by atoms with Crippen LogP contribution in [0.5, 0.6) is 23.0 Å². The minimum Gasteiger partial charge on any atom is -0.497 e. The Morgan fingerprint density at radius 1 is 0.900 bits per heavy atom. The van der Waals surface area contributed by atoms with E-state index in [1.54, 1.807) is 46.6 Å². The first kappa shape index (κ1) is 23.2. The lowest BCUT2D eigenvalue weighted by molar-refractivity contribution is 0.180. The van der Waals surface area contributed by atoms with Gasteiger partial charge in [-0.2, -0.15) is 0 Å². The molecule has 1 unspecified atom stereocenters. The van der Waals surface area contributed by atoms with Gasteiger partial charge in [0.25, 0.3) is 0 Å². The number of rotatable bonds is 10. The summed E-state index contributed by atoms with van der Waals surface area (Å²) in [7, 11) is 6.36. The third-order valence-electron chi connectivity index (χ3n) is 4.43. The Hall–Kier alpha value is -3.13. The number of aliphatic imine (C=N–C) groups is 1. The van der Waals surface area contributed by atoms with Crippen LogP contribution in [0.1, 0.15) is 24.2 Å². The first-order valence-corrected chi connectivity index (χ1v) is 9.68. The molecule has 0 aliphatic rings. The van der Waals surface area contributed by atoms with Crippen molar-refractivity contribution in [3.63, 3.8) is 0 Å². The molecule has 0 saturated heterocycles. The van der Waals surface area contributed by atoms with Crippen molar-refractivity contribution in [3.8, 4) is 23.0 Å². The fourth-order valence-corrected chi connectivity index (χ4v) is 2.82. The molecule has 0 bridgehead atoms. The standard InChI is InChI=1S/C22H31N3O5/c1-6-23-22(24-13-15-7-8-20(29-4)21(9-15)30-5)25-14-19(26)16-10-17(27-2)12-18(11-16)28-3/h7-12,19,26H,6,13-14H2,1-5H3,(H2,23,24,25). The molecule has 0 aliphatic heterocycles. The fraction of sp³-hybridized carbons (Fsp3) is 0.409. The monoisotopic (exact) mass is 417 g/mol. The van der Waals surface area contributed by atoms with E-state index in [0.29, 0.717) is 47.6 Å². The number of ether oxygens (including phenoxy) is 4. The number of guanidine groups is 1. The summed E-state index contributed by atoms with van der Waals surface area (Å²) < 4.78 is 21.1. The largest absolute Gasteiger partial charge is 0.497 e. The highest BCUT2D eigenvalue weighted by Gasteiger charge is 2.12. The van der Waals surface area contributed by atoms with Crippen molar-refractivity contribution in [2.75, 3.05) is 41.5 Å². The third kappa shape index (κ3) is 6.45. The van der Waals surface area contributed by atoms with Gasteiger partial charge in [-0.15, -0.1) is 0 Å². The lowest BCUT2D eigenvalue weighted by Crippen LogP contribution is -2.39. The zero-order chi connectivity index (χ0) is 21.9. The van der Waals surface area contributed by atoms with Crippen molar-refractivity contribution >= 4 is 5.96 Å². The molecule has 2 aromatic rings. The second kappa shape index (κ2) is 11.8. The maximum atomic E-state index is 10.6.